The number of benzene rings is 1. The van der Waals surface area contributed by atoms with Crippen molar-refractivity contribution in [3.63, 3.8) is 0 Å². The van der Waals surface area contributed by atoms with Gasteiger partial charge in [-0.05, 0) is 76.3 Å². The number of nitrogens with one attached hydrogen (secondary N) is 1. The van der Waals surface area contributed by atoms with Gasteiger partial charge in [-0.3, -0.25) is 4.79 Å². The average Bonchev–Trinajstić information content (AvgIpc) is 2.66. The van der Waals surface area contributed by atoms with Crippen molar-refractivity contribution in [2.24, 2.45) is 16.4 Å². The first-order chi connectivity index (χ1) is 13.3. The van der Waals surface area contributed by atoms with Gasteiger partial charge in [0.2, 0.25) is 0 Å². The molecule has 0 unspecified atom stereocenters. The average molecular weight is 382 g/mol. The Labute approximate surface area is 170 Å². The maximum atomic E-state index is 12.4. The lowest BCUT2D eigenvalue weighted by Gasteiger charge is -2.36. The van der Waals surface area contributed by atoms with Gasteiger partial charge in [0.05, 0.1) is 5.71 Å². The number of amides is 1. The number of anilines is 1. The highest BCUT2D eigenvalue weighted by Crippen LogP contribution is 2.41. The summed E-state index contributed by atoms with van der Waals surface area (Å²) in [5, 5.41) is 4.25. The topological polar surface area (TPSA) is 44.7 Å². The summed E-state index contributed by atoms with van der Waals surface area (Å²) in [6, 6.07) is 7.67. The van der Waals surface area contributed by atoms with Crippen molar-refractivity contribution in [1.29, 1.82) is 0 Å². The van der Waals surface area contributed by atoms with Crippen molar-refractivity contribution in [2.45, 2.75) is 54.4 Å². The first kappa shape index (κ1) is 21.9. The van der Waals surface area contributed by atoms with Gasteiger partial charge in [0.1, 0.15) is 0 Å². The second-order valence-corrected chi connectivity index (χ2v) is 8.23. The van der Waals surface area contributed by atoms with Gasteiger partial charge in [-0.15, -0.1) is 0 Å². The third kappa shape index (κ3) is 5.57. The molecule has 1 aromatic carbocycles. The fourth-order valence-electron chi connectivity index (χ4n) is 3.87. The van der Waals surface area contributed by atoms with E-state index in [1.54, 1.807) is 0 Å². The van der Waals surface area contributed by atoms with Crippen LogP contribution in [0.15, 0.2) is 53.2 Å². The summed E-state index contributed by atoms with van der Waals surface area (Å²) >= 11 is 0. The summed E-state index contributed by atoms with van der Waals surface area (Å²) in [6.07, 6.45) is 8.90. The molecule has 152 valence electrons. The zero-order valence-electron chi connectivity index (χ0n) is 18.2. The normalized spacial score (nSPS) is 19.4. The van der Waals surface area contributed by atoms with E-state index in [0.717, 1.165) is 30.9 Å². The molecule has 1 aliphatic rings. The maximum absolute atomic E-state index is 12.4. The van der Waals surface area contributed by atoms with E-state index in [-0.39, 0.29) is 11.3 Å². The molecule has 4 heteroatoms. The van der Waals surface area contributed by atoms with Gasteiger partial charge in [-0.2, -0.15) is 5.10 Å². The zero-order chi connectivity index (χ0) is 20.7. The molecule has 2 rings (SSSR count). The number of nitrogens with zero attached hydrogens (tertiary/aromatic N) is 2. The van der Waals surface area contributed by atoms with E-state index >= 15 is 0 Å². The summed E-state index contributed by atoms with van der Waals surface area (Å²) in [6.45, 7) is 14.9. The van der Waals surface area contributed by atoms with Crippen molar-refractivity contribution < 1.29 is 4.79 Å². The summed E-state index contributed by atoms with van der Waals surface area (Å²) in [5.41, 5.74) is 6.87. The largest absolute Gasteiger partial charge is 0.372 e. The third-order valence-electron chi connectivity index (χ3n) is 5.71. The second kappa shape index (κ2) is 9.72. The molecule has 1 aromatic rings. The summed E-state index contributed by atoms with van der Waals surface area (Å²) in [7, 11) is 0. The Balaban J connectivity index is 1.99. The van der Waals surface area contributed by atoms with Crippen LogP contribution in [0.5, 0.6) is 0 Å². The van der Waals surface area contributed by atoms with Crippen molar-refractivity contribution >= 4 is 17.3 Å². The second-order valence-electron chi connectivity index (χ2n) is 8.23. The predicted molar refractivity (Wildman–Crippen MR) is 120 cm³/mol. The smallest absolute Gasteiger partial charge is 0.271 e. The lowest BCUT2D eigenvalue weighted by Crippen LogP contribution is -2.26. The molecule has 0 saturated heterocycles. The molecule has 1 aliphatic carbocycles. The van der Waals surface area contributed by atoms with Crippen molar-refractivity contribution in [3.8, 4) is 0 Å². The van der Waals surface area contributed by atoms with Crippen LogP contribution in [0.3, 0.4) is 0 Å². The third-order valence-corrected chi connectivity index (χ3v) is 5.71. The lowest BCUT2D eigenvalue weighted by molar-refractivity contribution is 0.0955. The standard InChI is InChI=1S/C24H35N3O/c1-7-27(8-2)21-14-12-20(13-15-21)23(28)26-25-19(4)11-16-22-18(3)10-9-17-24(22,5)6/h10-16,22H,7-9,17H2,1-6H3,(H,26,28)/b16-11+,25-19-/t22-/m0/s1. The van der Waals surface area contributed by atoms with E-state index in [0.29, 0.717) is 11.5 Å². The van der Waals surface area contributed by atoms with E-state index in [9.17, 15) is 4.79 Å². The predicted octanol–water partition coefficient (Wildman–Crippen LogP) is 5.58. The monoisotopic (exact) mass is 381 g/mol. The number of allylic oxidation sites excluding steroid dienone is 4. The van der Waals surface area contributed by atoms with Gasteiger partial charge in [0.25, 0.3) is 5.91 Å². The molecule has 0 spiro atoms. The number of hydrogen-bond acceptors (Lipinski definition) is 3. The molecular weight excluding hydrogens is 346 g/mol. The molecule has 1 atom stereocenters. The van der Waals surface area contributed by atoms with Crippen LogP contribution in [0.1, 0.15) is 64.7 Å². The van der Waals surface area contributed by atoms with E-state index in [4.69, 9.17) is 0 Å². The van der Waals surface area contributed by atoms with Gasteiger partial charge in [0, 0.05) is 30.3 Å². The summed E-state index contributed by atoms with van der Waals surface area (Å²) in [4.78, 5) is 14.6. The molecule has 0 bridgehead atoms. The van der Waals surface area contributed by atoms with Crippen molar-refractivity contribution in [3.05, 3.63) is 53.6 Å². The van der Waals surface area contributed by atoms with Gasteiger partial charge < -0.3 is 4.90 Å². The molecule has 28 heavy (non-hydrogen) atoms. The van der Waals surface area contributed by atoms with E-state index in [2.05, 4.69) is 62.2 Å². The fraction of sp³-hybridized carbons (Fsp3) is 0.500. The molecule has 0 aliphatic heterocycles. The highest BCUT2D eigenvalue weighted by molar-refractivity contribution is 5.97. The van der Waals surface area contributed by atoms with Crippen molar-refractivity contribution in [1.82, 2.24) is 5.43 Å². The highest BCUT2D eigenvalue weighted by Gasteiger charge is 2.30. The van der Waals surface area contributed by atoms with Gasteiger partial charge in [-0.25, -0.2) is 5.43 Å². The molecule has 0 radical (unpaired) electrons. The van der Waals surface area contributed by atoms with Crippen LogP contribution in [0.2, 0.25) is 0 Å². The Hall–Kier alpha value is -2.36. The van der Waals surface area contributed by atoms with Crippen LogP contribution in [-0.2, 0) is 0 Å². The first-order valence-corrected chi connectivity index (χ1v) is 10.3. The molecular formula is C24H35N3O. The van der Waals surface area contributed by atoms with E-state index in [1.807, 2.05) is 37.3 Å². The number of hydrogen-bond donors (Lipinski definition) is 1. The number of carbonyl (C=O) groups is 1. The lowest BCUT2D eigenvalue weighted by atomic mass is 9.68. The molecule has 1 N–H and O–H groups in total. The SMILES string of the molecule is CCN(CC)c1ccc(C(=O)N/N=C(C)\C=C\[C@H]2C(C)=CCCC2(C)C)cc1. The molecule has 0 aromatic heterocycles. The molecule has 0 heterocycles. The minimum atomic E-state index is -0.187. The number of hydrazone groups is 1. The molecule has 1 amide bonds. The summed E-state index contributed by atoms with van der Waals surface area (Å²) < 4.78 is 0. The zero-order valence-corrected chi connectivity index (χ0v) is 18.2. The summed E-state index contributed by atoms with van der Waals surface area (Å²) in [5.74, 6) is 0.225. The van der Waals surface area contributed by atoms with E-state index in [1.165, 1.54) is 12.0 Å². The minimum Gasteiger partial charge on any atom is -0.372 e. The fourth-order valence-corrected chi connectivity index (χ4v) is 3.87. The Kier molecular flexibility index (Phi) is 7.61. The highest BCUT2D eigenvalue weighted by atomic mass is 16.2. The minimum absolute atomic E-state index is 0.187. The number of rotatable bonds is 7. The quantitative estimate of drug-likeness (QED) is 0.381. The molecule has 0 fully saturated rings. The van der Waals surface area contributed by atoms with Crippen LogP contribution in [-0.4, -0.2) is 24.7 Å². The Morgan fingerprint density at radius 2 is 1.89 bits per heavy atom. The number of carbonyl (C=O) groups excluding carboxylic acids is 1. The van der Waals surface area contributed by atoms with Gasteiger partial charge >= 0.3 is 0 Å². The van der Waals surface area contributed by atoms with Crippen LogP contribution >= 0.6 is 0 Å². The van der Waals surface area contributed by atoms with Crippen LogP contribution in [0.4, 0.5) is 5.69 Å². The van der Waals surface area contributed by atoms with Gasteiger partial charge in [0.15, 0.2) is 0 Å². The Morgan fingerprint density at radius 3 is 2.46 bits per heavy atom. The first-order valence-electron chi connectivity index (χ1n) is 10.3. The van der Waals surface area contributed by atoms with Crippen molar-refractivity contribution in [2.75, 3.05) is 18.0 Å². The maximum Gasteiger partial charge on any atom is 0.271 e. The van der Waals surface area contributed by atoms with Gasteiger partial charge in [-0.1, -0.05) is 31.6 Å². The van der Waals surface area contributed by atoms with E-state index < -0.39 is 0 Å². The van der Waals surface area contributed by atoms with Crippen LogP contribution in [0, 0.1) is 11.3 Å². The van der Waals surface area contributed by atoms with Crippen LogP contribution in [0.25, 0.3) is 0 Å². The van der Waals surface area contributed by atoms with Crippen LogP contribution < -0.4 is 10.3 Å². The molecule has 0 saturated carbocycles. The Morgan fingerprint density at radius 1 is 1.25 bits per heavy atom. The molecule has 4 nitrogen and oxygen atoms in total. The Bertz CT molecular complexity index is 753.